The molecule has 28 heavy (non-hydrogen) atoms. The van der Waals surface area contributed by atoms with Crippen molar-refractivity contribution in [2.75, 3.05) is 37.6 Å². The maximum atomic E-state index is 13.3. The summed E-state index contributed by atoms with van der Waals surface area (Å²) < 4.78 is 15.3. The lowest BCUT2D eigenvalue weighted by Crippen LogP contribution is -2.47. The van der Waals surface area contributed by atoms with Gasteiger partial charge in [0.25, 0.3) is 0 Å². The number of piperazine rings is 1. The Morgan fingerprint density at radius 2 is 1.86 bits per heavy atom. The Balaban J connectivity index is 1.12. The van der Waals surface area contributed by atoms with Crippen molar-refractivity contribution < 1.29 is 4.39 Å². The average molecular weight is 387 g/mol. The second-order valence-electron chi connectivity index (χ2n) is 8.19. The number of rotatable bonds is 8. The fourth-order valence-corrected chi connectivity index (χ4v) is 4.42. The molecule has 2 aromatic rings. The van der Waals surface area contributed by atoms with Crippen molar-refractivity contribution in [2.45, 2.75) is 51.5 Å². The number of aryl methyl sites for hydroxylation is 1. The molecule has 0 atom stereocenters. The summed E-state index contributed by atoms with van der Waals surface area (Å²) in [6.45, 7) is 5.99. The van der Waals surface area contributed by atoms with Crippen LogP contribution >= 0.6 is 0 Å². The molecular formula is C21H31FN6. The predicted octanol–water partition coefficient (Wildman–Crippen LogP) is 3.15. The third-order valence-electron chi connectivity index (χ3n) is 6.06. The van der Waals surface area contributed by atoms with Gasteiger partial charge in [-0.05, 0) is 56.7 Å². The molecule has 2 fully saturated rings. The van der Waals surface area contributed by atoms with Crippen LogP contribution in [-0.2, 0) is 13.0 Å². The number of halogens is 1. The number of hydrogen-bond donors (Lipinski definition) is 0. The summed E-state index contributed by atoms with van der Waals surface area (Å²) in [5.74, 6) is 1.15. The van der Waals surface area contributed by atoms with E-state index >= 15 is 0 Å². The summed E-state index contributed by atoms with van der Waals surface area (Å²) in [5.41, 5.74) is 1.12. The molecule has 0 unspecified atom stereocenters. The normalized spacial score (nSPS) is 18.8. The number of anilines is 1. The third kappa shape index (κ3) is 5.28. The lowest BCUT2D eigenvalue weighted by molar-refractivity contribution is 0.252. The van der Waals surface area contributed by atoms with Gasteiger partial charge in [0.2, 0.25) is 5.95 Å². The van der Waals surface area contributed by atoms with Crippen LogP contribution in [0, 0.1) is 11.9 Å². The zero-order valence-electron chi connectivity index (χ0n) is 16.6. The van der Waals surface area contributed by atoms with Gasteiger partial charge in [0, 0.05) is 38.9 Å². The van der Waals surface area contributed by atoms with Gasteiger partial charge in [-0.25, -0.2) is 4.98 Å². The molecule has 1 aliphatic heterocycles. The van der Waals surface area contributed by atoms with Crippen molar-refractivity contribution >= 4 is 5.82 Å². The van der Waals surface area contributed by atoms with Crippen LogP contribution in [0.15, 0.2) is 24.4 Å². The molecule has 1 saturated carbocycles. The van der Waals surface area contributed by atoms with Crippen molar-refractivity contribution in [3.8, 4) is 0 Å². The van der Waals surface area contributed by atoms with E-state index in [4.69, 9.17) is 0 Å². The number of aromatic nitrogens is 4. The van der Waals surface area contributed by atoms with Crippen LogP contribution in [0.5, 0.6) is 0 Å². The first kappa shape index (κ1) is 19.3. The Labute approximate surface area is 166 Å². The van der Waals surface area contributed by atoms with Gasteiger partial charge in [-0.1, -0.05) is 24.1 Å². The van der Waals surface area contributed by atoms with Crippen LogP contribution in [0.25, 0.3) is 0 Å². The highest BCUT2D eigenvalue weighted by atomic mass is 19.1. The molecule has 0 spiro atoms. The lowest BCUT2D eigenvalue weighted by Gasteiger charge is -2.35. The molecule has 2 aliphatic rings. The Morgan fingerprint density at radius 1 is 1.04 bits per heavy atom. The topological polar surface area (TPSA) is 50.1 Å². The van der Waals surface area contributed by atoms with Crippen molar-refractivity contribution in [2.24, 2.45) is 5.92 Å². The van der Waals surface area contributed by atoms with Gasteiger partial charge in [0.05, 0.1) is 5.69 Å². The van der Waals surface area contributed by atoms with E-state index in [0.717, 1.165) is 69.5 Å². The smallest absolute Gasteiger partial charge is 0.214 e. The number of nitrogens with zero attached hydrogens (tertiary/aromatic N) is 6. The highest BCUT2D eigenvalue weighted by molar-refractivity contribution is 5.38. The summed E-state index contributed by atoms with van der Waals surface area (Å²) in [7, 11) is 0. The van der Waals surface area contributed by atoms with Gasteiger partial charge in [0.1, 0.15) is 5.82 Å². The predicted molar refractivity (Wildman–Crippen MR) is 108 cm³/mol. The Morgan fingerprint density at radius 3 is 2.64 bits per heavy atom. The first-order chi connectivity index (χ1) is 13.8. The summed E-state index contributed by atoms with van der Waals surface area (Å²) in [5, 5.41) is 8.66. The summed E-state index contributed by atoms with van der Waals surface area (Å²) in [4.78, 5) is 8.65. The van der Waals surface area contributed by atoms with Gasteiger partial charge in [-0.3, -0.25) is 9.58 Å². The molecule has 7 heteroatoms. The highest BCUT2D eigenvalue weighted by Crippen LogP contribution is 2.25. The summed E-state index contributed by atoms with van der Waals surface area (Å²) in [6.07, 6.45) is 10.9. The SMILES string of the molecule is Fc1cccc(N2CCN(CCCCc3cn(CC4CCCC4)nn3)CC2)n1. The lowest BCUT2D eigenvalue weighted by atomic mass is 10.1. The number of hydrogen-bond acceptors (Lipinski definition) is 5. The van der Waals surface area contributed by atoms with Crippen molar-refractivity contribution in [1.29, 1.82) is 0 Å². The maximum Gasteiger partial charge on any atom is 0.214 e. The largest absolute Gasteiger partial charge is 0.354 e. The van der Waals surface area contributed by atoms with Crippen LogP contribution in [0.3, 0.4) is 0 Å². The van der Waals surface area contributed by atoms with Crippen molar-refractivity contribution in [1.82, 2.24) is 24.9 Å². The standard InChI is InChI=1S/C21H31FN6/c22-20-9-5-10-21(23-20)27-14-12-26(13-15-27)11-4-3-8-19-17-28(25-24-19)16-18-6-1-2-7-18/h5,9-10,17-18H,1-4,6-8,11-16H2. The maximum absolute atomic E-state index is 13.3. The van der Waals surface area contributed by atoms with Crippen LogP contribution in [0.1, 0.15) is 44.2 Å². The van der Waals surface area contributed by atoms with Gasteiger partial charge < -0.3 is 4.90 Å². The Hall–Kier alpha value is -2.02. The zero-order valence-corrected chi connectivity index (χ0v) is 16.6. The first-order valence-corrected chi connectivity index (χ1v) is 10.7. The van der Waals surface area contributed by atoms with E-state index in [2.05, 4.69) is 31.3 Å². The Bertz CT molecular complexity index is 734. The Kier molecular flexibility index (Phi) is 6.52. The van der Waals surface area contributed by atoms with E-state index in [1.165, 1.54) is 38.2 Å². The molecule has 1 aliphatic carbocycles. The number of pyridine rings is 1. The zero-order chi connectivity index (χ0) is 19.2. The molecule has 0 radical (unpaired) electrons. The highest BCUT2D eigenvalue weighted by Gasteiger charge is 2.18. The fourth-order valence-electron chi connectivity index (χ4n) is 4.42. The third-order valence-corrected chi connectivity index (χ3v) is 6.06. The molecule has 6 nitrogen and oxygen atoms in total. The summed E-state index contributed by atoms with van der Waals surface area (Å²) in [6, 6.07) is 5.01. The molecular weight excluding hydrogens is 355 g/mol. The van der Waals surface area contributed by atoms with Crippen LogP contribution < -0.4 is 4.90 Å². The molecule has 4 rings (SSSR count). The van der Waals surface area contributed by atoms with Crippen molar-refractivity contribution in [3.05, 3.63) is 36.0 Å². The first-order valence-electron chi connectivity index (χ1n) is 10.7. The van der Waals surface area contributed by atoms with Crippen LogP contribution in [-0.4, -0.2) is 57.6 Å². The van der Waals surface area contributed by atoms with Crippen LogP contribution in [0.4, 0.5) is 10.2 Å². The monoisotopic (exact) mass is 386 g/mol. The van der Waals surface area contributed by atoms with E-state index in [1.807, 2.05) is 10.7 Å². The molecule has 2 aromatic heterocycles. The van der Waals surface area contributed by atoms with Gasteiger partial charge >= 0.3 is 0 Å². The van der Waals surface area contributed by atoms with E-state index in [9.17, 15) is 4.39 Å². The molecule has 152 valence electrons. The minimum atomic E-state index is -0.403. The van der Waals surface area contributed by atoms with E-state index in [0.29, 0.717) is 0 Å². The second kappa shape index (κ2) is 9.45. The summed E-state index contributed by atoms with van der Waals surface area (Å²) >= 11 is 0. The van der Waals surface area contributed by atoms with Gasteiger partial charge in [-0.15, -0.1) is 5.10 Å². The fraction of sp³-hybridized carbons (Fsp3) is 0.667. The molecule has 0 N–H and O–H groups in total. The molecule has 0 amide bonds. The van der Waals surface area contributed by atoms with Gasteiger partial charge in [-0.2, -0.15) is 4.39 Å². The molecule has 1 saturated heterocycles. The molecule has 0 bridgehead atoms. The van der Waals surface area contributed by atoms with E-state index < -0.39 is 5.95 Å². The second-order valence-corrected chi connectivity index (χ2v) is 8.19. The van der Waals surface area contributed by atoms with Crippen LogP contribution in [0.2, 0.25) is 0 Å². The number of unbranched alkanes of at least 4 members (excludes halogenated alkanes) is 1. The minimum absolute atomic E-state index is 0.403. The quantitative estimate of drug-likeness (QED) is 0.515. The minimum Gasteiger partial charge on any atom is -0.354 e. The van der Waals surface area contributed by atoms with Crippen molar-refractivity contribution in [3.63, 3.8) is 0 Å². The average Bonchev–Trinajstić information content (AvgIpc) is 3.38. The van der Waals surface area contributed by atoms with E-state index in [-0.39, 0.29) is 0 Å². The molecule has 0 aromatic carbocycles. The van der Waals surface area contributed by atoms with Gasteiger partial charge in [0.15, 0.2) is 0 Å². The van der Waals surface area contributed by atoms with E-state index in [1.54, 1.807) is 6.07 Å². The molecule has 3 heterocycles.